The third kappa shape index (κ3) is 5.41. The molecule has 3 aromatic rings. The number of hydrogen-bond acceptors (Lipinski definition) is 10. The summed E-state index contributed by atoms with van der Waals surface area (Å²) in [6.07, 6.45) is 4.88. The van der Waals surface area contributed by atoms with Crippen LogP contribution in [-0.2, 0) is 9.53 Å². The number of piperidine rings is 1. The van der Waals surface area contributed by atoms with Gasteiger partial charge in [0.25, 0.3) is 11.2 Å². The van der Waals surface area contributed by atoms with Crippen molar-refractivity contribution in [3.63, 3.8) is 0 Å². The average molecular weight is 593 g/mol. The largest absolute Gasteiger partial charge is 0.493 e. The van der Waals surface area contributed by atoms with Crippen molar-refractivity contribution < 1.29 is 23.9 Å². The number of carbonyl (C=O) groups excluding carboxylic acids is 1. The highest BCUT2D eigenvalue weighted by atomic mass is 32.1. The van der Waals surface area contributed by atoms with Crippen LogP contribution in [0.3, 0.4) is 0 Å². The van der Waals surface area contributed by atoms with Crippen molar-refractivity contribution in [3.8, 4) is 11.5 Å². The zero-order valence-corrected chi connectivity index (χ0v) is 24.7. The van der Waals surface area contributed by atoms with Crippen LogP contribution in [0.1, 0.15) is 50.3 Å². The van der Waals surface area contributed by atoms with Crippen molar-refractivity contribution in [1.82, 2.24) is 4.57 Å². The van der Waals surface area contributed by atoms with Crippen molar-refractivity contribution in [3.05, 3.63) is 88.6 Å². The number of methoxy groups -OCH3 is 2. The molecule has 5 rings (SSSR count). The summed E-state index contributed by atoms with van der Waals surface area (Å²) in [4.78, 5) is 45.8. The Bertz CT molecular complexity index is 1750. The lowest BCUT2D eigenvalue weighted by atomic mass is 9.95. The number of hydrogen-bond donors (Lipinski definition) is 0. The van der Waals surface area contributed by atoms with Gasteiger partial charge in [-0.05, 0) is 62.9 Å². The molecule has 2 aliphatic heterocycles. The molecule has 1 aromatic heterocycles. The van der Waals surface area contributed by atoms with Gasteiger partial charge in [0.1, 0.15) is 0 Å². The number of nitrogens with zero attached hydrogens (tertiary/aromatic N) is 4. The molecule has 1 atom stereocenters. The fraction of sp³-hybridized carbons (Fsp3) is 0.367. The Morgan fingerprint density at radius 2 is 1.86 bits per heavy atom. The minimum atomic E-state index is -0.839. The van der Waals surface area contributed by atoms with E-state index in [9.17, 15) is 19.7 Å². The lowest BCUT2D eigenvalue weighted by Gasteiger charge is -2.30. The molecular formula is C30H32N4O7S. The zero-order valence-electron chi connectivity index (χ0n) is 23.9. The molecule has 0 N–H and O–H groups in total. The Hall–Kier alpha value is -4.45. The maximum Gasteiger partial charge on any atom is 0.338 e. The van der Waals surface area contributed by atoms with Crippen LogP contribution in [0.2, 0.25) is 0 Å². The lowest BCUT2D eigenvalue weighted by Crippen LogP contribution is -2.40. The smallest absolute Gasteiger partial charge is 0.338 e. The molecule has 220 valence electrons. The van der Waals surface area contributed by atoms with Crippen LogP contribution in [0, 0.1) is 10.1 Å². The second kappa shape index (κ2) is 12.2. The summed E-state index contributed by atoms with van der Waals surface area (Å²) in [6.45, 7) is 5.26. The molecule has 2 aromatic carbocycles. The number of nitro groups is 1. The quantitative estimate of drug-likeness (QED) is 0.220. The Balaban J connectivity index is 1.73. The number of ether oxygens (including phenoxy) is 3. The second-order valence-electron chi connectivity index (χ2n) is 9.96. The molecule has 12 heteroatoms. The lowest BCUT2D eigenvalue weighted by molar-refractivity contribution is -0.384. The van der Waals surface area contributed by atoms with Gasteiger partial charge in [-0.25, -0.2) is 9.79 Å². The highest BCUT2D eigenvalue weighted by molar-refractivity contribution is 7.07. The van der Waals surface area contributed by atoms with Crippen molar-refractivity contribution in [1.29, 1.82) is 0 Å². The molecule has 0 unspecified atom stereocenters. The van der Waals surface area contributed by atoms with Gasteiger partial charge < -0.3 is 19.1 Å². The molecule has 0 aliphatic carbocycles. The first-order chi connectivity index (χ1) is 20.3. The molecule has 3 heterocycles. The Morgan fingerprint density at radius 1 is 1.12 bits per heavy atom. The number of rotatable bonds is 8. The first-order valence-corrected chi connectivity index (χ1v) is 14.5. The van der Waals surface area contributed by atoms with E-state index in [1.807, 2.05) is 0 Å². The summed E-state index contributed by atoms with van der Waals surface area (Å²) < 4.78 is 18.1. The predicted octanol–water partition coefficient (Wildman–Crippen LogP) is 3.71. The minimum Gasteiger partial charge on any atom is -0.493 e. The van der Waals surface area contributed by atoms with Crippen LogP contribution in [-0.4, -0.2) is 49.4 Å². The van der Waals surface area contributed by atoms with E-state index in [1.54, 1.807) is 44.2 Å². The first kappa shape index (κ1) is 29.1. The molecule has 0 spiro atoms. The van der Waals surface area contributed by atoms with E-state index in [0.717, 1.165) is 38.0 Å². The van der Waals surface area contributed by atoms with E-state index in [1.165, 1.54) is 42.3 Å². The van der Waals surface area contributed by atoms with Crippen LogP contribution in [0.5, 0.6) is 11.5 Å². The van der Waals surface area contributed by atoms with E-state index in [2.05, 4.69) is 9.89 Å². The van der Waals surface area contributed by atoms with Gasteiger partial charge in [-0.1, -0.05) is 17.4 Å². The highest BCUT2D eigenvalue weighted by Gasteiger charge is 2.34. The van der Waals surface area contributed by atoms with Crippen LogP contribution in [0.25, 0.3) is 6.08 Å². The summed E-state index contributed by atoms with van der Waals surface area (Å²) >= 11 is 1.17. The summed E-state index contributed by atoms with van der Waals surface area (Å²) in [5, 5.41) is 11.6. The number of non-ortho nitro benzene ring substituents is 1. The number of thiazole rings is 1. The summed E-state index contributed by atoms with van der Waals surface area (Å²) in [5.74, 6) is 0.375. The number of benzene rings is 2. The fourth-order valence-electron chi connectivity index (χ4n) is 5.46. The maximum absolute atomic E-state index is 14.1. The van der Waals surface area contributed by atoms with E-state index < -0.39 is 16.9 Å². The van der Waals surface area contributed by atoms with Gasteiger partial charge >= 0.3 is 5.97 Å². The van der Waals surface area contributed by atoms with Crippen molar-refractivity contribution >= 4 is 34.8 Å². The number of nitro benzene ring substituents is 1. The van der Waals surface area contributed by atoms with Crippen molar-refractivity contribution in [2.75, 3.05) is 38.8 Å². The van der Waals surface area contributed by atoms with Gasteiger partial charge in [0.15, 0.2) is 16.3 Å². The number of carbonyl (C=O) groups is 1. The van der Waals surface area contributed by atoms with Crippen molar-refractivity contribution in [2.45, 2.75) is 39.2 Å². The second-order valence-corrected chi connectivity index (χ2v) is 11.0. The molecule has 11 nitrogen and oxygen atoms in total. The predicted molar refractivity (Wildman–Crippen MR) is 159 cm³/mol. The molecular weight excluding hydrogens is 560 g/mol. The van der Waals surface area contributed by atoms with Crippen LogP contribution < -0.4 is 29.3 Å². The maximum atomic E-state index is 14.1. The van der Waals surface area contributed by atoms with Gasteiger partial charge in [-0.15, -0.1) is 0 Å². The molecule has 2 aliphatic rings. The molecule has 0 saturated carbocycles. The van der Waals surface area contributed by atoms with Crippen LogP contribution in [0.15, 0.2) is 57.5 Å². The Kier molecular flexibility index (Phi) is 8.44. The standard InChI is InChI=1S/C30H32N4O7S/c1-5-41-29(36)26-18(2)31-30-33(27(26)19-9-12-23(39-3)24(16-19)40-4)28(35)25(42-30)17-20-15-21(34(37)38)10-11-22(20)32-13-7-6-8-14-32/h9-12,15-17,27H,5-8,13-14H2,1-4H3/t27-/m1/s1. The van der Waals surface area contributed by atoms with Crippen LogP contribution >= 0.6 is 11.3 Å². The Labute approximate surface area is 246 Å². The monoisotopic (exact) mass is 592 g/mol. The van der Waals surface area contributed by atoms with Gasteiger partial charge in [-0.3, -0.25) is 19.5 Å². The molecule has 0 amide bonds. The number of allylic oxidation sites excluding steroid dienone is 1. The number of fused-ring (bicyclic) bond motifs is 1. The summed E-state index contributed by atoms with van der Waals surface area (Å²) in [5.41, 5.74) is 2.29. The van der Waals surface area contributed by atoms with Gasteiger partial charge in [-0.2, -0.15) is 0 Å². The highest BCUT2D eigenvalue weighted by Crippen LogP contribution is 2.36. The summed E-state index contributed by atoms with van der Waals surface area (Å²) in [7, 11) is 3.04. The normalized spacial score (nSPS) is 17.0. The number of esters is 1. The Morgan fingerprint density at radius 3 is 2.52 bits per heavy atom. The van der Waals surface area contributed by atoms with E-state index in [-0.39, 0.29) is 23.4 Å². The molecule has 1 fully saturated rings. The zero-order chi connectivity index (χ0) is 30.0. The average Bonchev–Trinajstić information content (AvgIpc) is 3.30. The number of anilines is 1. The van der Waals surface area contributed by atoms with E-state index >= 15 is 0 Å². The van der Waals surface area contributed by atoms with Crippen LogP contribution in [0.4, 0.5) is 11.4 Å². The van der Waals surface area contributed by atoms with Gasteiger partial charge in [0.05, 0.1) is 47.6 Å². The van der Waals surface area contributed by atoms with Gasteiger partial charge in [0, 0.05) is 36.5 Å². The minimum absolute atomic E-state index is 0.0570. The fourth-order valence-corrected chi connectivity index (χ4v) is 6.50. The molecule has 0 bridgehead atoms. The third-order valence-electron chi connectivity index (χ3n) is 7.45. The summed E-state index contributed by atoms with van der Waals surface area (Å²) in [6, 6.07) is 9.13. The van der Waals surface area contributed by atoms with E-state index in [0.29, 0.717) is 37.7 Å². The first-order valence-electron chi connectivity index (χ1n) is 13.7. The molecule has 42 heavy (non-hydrogen) atoms. The van der Waals surface area contributed by atoms with Gasteiger partial charge in [0.2, 0.25) is 0 Å². The SMILES string of the molecule is CCOC(=O)C1=C(C)N=c2sc(=Cc3cc([N+](=O)[O-])ccc3N3CCCCC3)c(=O)n2[C@@H]1c1ccc(OC)c(OC)c1. The van der Waals surface area contributed by atoms with Crippen molar-refractivity contribution in [2.24, 2.45) is 4.99 Å². The van der Waals surface area contributed by atoms with E-state index in [4.69, 9.17) is 14.2 Å². The molecule has 1 saturated heterocycles. The topological polar surface area (TPSA) is 126 Å². The molecule has 0 radical (unpaired) electrons. The number of aromatic nitrogens is 1. The third-order valence-corrected chi connectivity index (χ3v) is 8.43.